The molecule has 230 valence electrons. The minimum Gasteiger partial charge on any atom is -0.382 e. The average Bonchev–Trinajstić information content (AvgIpc) is 3.48. The molecule has 5 heterocycles. The van der Waals surface area contributed by atoms with Crippen molar-refractivity contribution >= 4 is 43.9 Å². The number of nitrogens with one attached hydrogen (secondary N) is 1. The lowest BCUT2D eigenvalue weighted by Gasteiger charge is -2.29. The highest BCUT2D eigenvalue weighted by Crippen LogP contribution is 2.57. The number of thiol groups is 1. The summed E-state index contributed by atoms with van der Waals surface area (Å²) >= 11 is 3.84. The Hall–Kier alpha value is -2.58. The zero-order valence-electron chi connectivity index (χ0n) is 21.2. The van der Waals surface area contributed by atoms with Crippen molar-refractivity contribution < 1.29 is 50.4 Å². The molecule has 23 heteroatoms. The van der Waals surface area contributed by atoms with Crippen LogP contribution in [0.15, 0.2) is 34.5 Å². The summed E-state index contributed by atoms with van der Waals surface area (Å²) in [5.41, 5.74) is 3.89. The third-order valence-electron chi connectivity index (χ3n) is 6.28. The van der Waals surface area contributed by atoms with Gasteiger partial charge in [-0.1, -0.05) is 12.2 Å². The number of phosphoric ester groups is 1. The van der Waals surface area contributed by atoms with Crippen LogP contribution in [0.2, 0.25) is 0 Å². The first kappa shape index (κ1) is 30.9. The van der Waals surface area contributed by atoms with Crippen LogP contribution >= 0.6 is 26.9 Å². The molecule has 0 radical (unpaired) electrons. The second-order valence-electron chi connectivity index (χ2n) is 8.92. The molecule has 0 aliphatic carbocycles. The Morgan fingerprint density at radius 2 is 1.88 bits per heavy atom. The largest absolute Gasteiger partial charge is 0.474 e. The molecule has 42 heavy (non-hydrogen) atoms. The SMILES string of the molecule is CO[C@@H]1CO[P@@](=O)(S)O[C@H]2[C@@H](F)[C@H](n3ccc(=O)[nH]c3=O)O[C@@H]2COP(=O)(O)O[C@@H](n2cnc3c(N)ncnc32)[C@@H]1F. The summed E-state index contributed by atoms with van der Waals surface area (Å²) in [6.07, 6.45) is -10.6. The van der Waals surface area contributed by atoms with E-state index < -0.39 is 82.2 Å². The van der Waals surface area contributed by atoms with E-state index in [4.69, 9.17) is 33.3 Å². The van der Waals surface area contributed by atoms with E-state index in [1.807, 2.05) is 4.98 Å². The molecule has 4 N–H and O–H groups in total. The molecule has 3 aromatic heterocycles. The van der Waals surface area contributed by atoms with E-state index in [-0.39, 0.29) is 17.0 Å². The second kappa shape index (κ2) is 11.8. The van der Waals surface area contributed by atoms with Crippen LogP contribution in [0.1, 0.15) is 12.5 Å². The van der Waals surface area contributed by atoms with Crippen LogP contribution in [-0.2, 0) is 36.7 Å². The van der Waals surface area contributed by atoms with E-state index in [9.17, 15) is 23.6 Å². The Labute approximate surface area is 238 Å². The van der Waals surface area contributed by atoms with Gasteiger partial charge in [-0.05, 0) is 0 Å². The number of ether oxygens (including phenoxy) is 2. The molecule has 18 nitrogen and oxygen atoms in total. The van der Waals surface area contributed by atoms with Crippen LogP contribution < -0.4 is 17.0 Å². The van der Waals surface area contributed by atoms with Crippen LogP contribution in [-0.4, -0.2) is 84.9 Å². The van der Waals surface area contributed by atoms with E-state index in [2.05, 4.69) is 27.2 Å². The van der Waals surface area contributed by atoms with E-state index in [0.29, 0.717) is 4.57 Å². The highest BCUT2D eigenvalue weighted by molar-refractivity contribution is 8.44. The van der Waals surface area contributed by atoms with Gasteiger partial charge in [0, 0.05) is 19.4 Å². The number of hydrogen-bond acceptors (Lipinski definition) is 14. The van der Waals surface area contributed by atoms with Crippen molar-refractivity contribution in [2.75, 3.05) is 26.1 Å². The van der Waals surface area contributed by atoms with Crippen molar-refractivity contribution in [1.82, 2.24) is 29.1 Å². The number of anilines is 1. The highest BCUT2D eigenvalue weighted by Gasteiger charge is 2.51. The minimum atomic E-state index is -5.24. The van der Waals surface area contributed by atoms with Crippen LogP contribution in [0.5, 0.6) is 0 Å². The maximum Gasteiger partial charge on any atom is 0.474 e. The van der Waals surface area contributed by atoms with Crippen LogP contribution in [0.4, 0.5) is 14.6 Å². The summed E-state index contributed by atoms with van der Waals surface area (Å²) < 4.78 is 90.6. The Kier molecular flexibility index (Phi) is 8.70. The van der Waals surface area contributed by atoms with Crippen molar-refractivity contribution in [2.45, 2.75) is 43.1 Å². The molecule has 2 fully saturated rings. The number of fused-ring (bicyclic) bond motifs is 2. The molecule has 2 saturated heterocycles. The normalized spacial score (nSPS) is 36.5. The number of methoxy groups -OCH3 is 1. The van der Waals surface area contributed by atoms with Crippen molar-refractivity contribution in [1.29, 1.82) is 0 Å². The Morgan fingerprint density at radius 3 is 2.60 bits per heavy atom. The quantitative estimate of drug-likeness (QED) is 0.223. The van der Waals surface area contributed by atoms with Gasteiger partial charge in [-0.25, -0.2) is 37.7 Å². The summed E-state index contributed by atoms with van der Waals surface area (Å²) in [6, 6.07) is 0.919. The number of nitrogen functional groups attached to an aromatic ring is 1. The lowest BCUT2D eigenvalue weighted by atomic mass is 10.1. The monoisotopic (exact) mass is 657 g/mol. The van der Waals surface area contributed by atoms with E-state index in [1.54, 1.807) is 0 Å². The van der Waals surface area contributed by atoms with Gasteiger partial charge in [0.15, 0.2) is 36.3 Å². The fourth-order valence-electron chi connectivity index (χ4n) is 4.28. The number of imidazole rings is 1. The summed E-state index contributed by atoms with van der Waals surface area (Å²) in [7, 11) is -4.18. The molecule has 9 atom stereocenters. The summed E-state index contributed by atoms with van der Waals surface area (Å²) in [4.78, 5) is 47.9. The number of aromatic nitrogens is 6. The zero-order chi connectivity index (χ0) is 30.4. The predicted molar refractivity (Wildman–Crippen MR) is 139 cm³/mol. The van der Waals surface area contributed by atoms with Gasteiger partial charge in [-0.15, -0.1) is 0 Å². The average molecular weight is 657 g/mol. The molecule has 5 rings (SSSR count). The second-order valence-corrected chi connectivity index (χ2v) is 13.2. The third kappa shape index (κ3) is 6.21. The third-order valence-corrected chi connectivity index (χ3v) is 8.86. The van der Waals surface area contributed by atoms with Gasteiger partial charge >= 0.3 is 20.3 Å². The van der Waals surface area contributed by atoms with Crippen LogP contribution in [0, 0.1) is 0 Å². The van der Waals surface area contributed by atoms with Crippen LogP contribution in [0.3, 0.4) is 0 Å². The van der Waals surface area contributed by atoms with Gasteiger partial charge in [0.2, 0.25) is 0 Å². The molecule has 1 unspecified atom stereocenters. The molecule has 0 bridgehead atoms. The highest BCUT2D eigenvalue weighted by atomic mass is 32.7. The lowest BCUT2D eigenvalue weighted by Crippen LogP contribution is -2.37. The van der Waals surface area contributed by atoms with E-state index in [0.717, 1.165) is 36.6 Å². The number of rotatable bonds is 3. The fraction of sp³-hybridized carbons (Fsp3) is 0.526. The minimum absolute atomic E-state index is 0.0168. The number of nitrogens with zero attached hydrogens (tertiary/aromatic N) is 5. The number of phosphoric acid groups is 1. The first-order chi connectivity index (χ1) is 19.8. The molecule has 2 aliphatic rings. The Bertz CT molecular complexity index is 1680. The summed E-state index contributed by atoms with van der Waals surface area (Å²) in [5, 5.41) is 0. The van der Waals surface area contributed by atoms with E-state index >= 15 is 8.78 Å². The smallest absolute Gasteiger partial charge is 0.382 e. The van der Waals surface area contributed by atoms with E-state index in [1.165, 1.54) is 0 Å². The molecular weight excluding hydrogens is 634 g/mol. The molecule has 0 aromatic carbocycles. The number of alkyl halides is 2. The first-order valence-electron chi connectivity index (χ1n) is 11.8. The first-order valence-corrected chi connectivity index (χ1v) is 16.0. The van der Waals surface area contributed by atoms with Gasteiger partial charge in [-0.2, -0.15) is 0 Å². The fourth-order valence-corrected chi connectivity index (χ4v) is 6.65. The van der Waals surface area contributed by atoms with Gasteiger partial charge in [0.25, 0.3) is 5.56 Å². The predicted octanol–water partition coefficient (Wildman–Crippen LogP) is 0.633. The topological polar surface area (TPSA) is 234 Å². The number of halogens is 2. The van der Waals surface area contributed by atoms with Gasteiger partial charge in [0.05, 0.1) is 19.5 Å². The molecule has 0 amide bonds. The maximum absolute atomic E-state index is 15.9. The number of H-pyrrole nitrogens is 1. The number of hydrogen-bond donors (Lipinski definition) is 4. The molecule has 2 aliphatic heterocycles. The summed E-state index contributed by atoms with van der Waals surface area (Å²) in [6.45, 7) is -6.33. The van der Waals surface area contributed by atoms with Crippen molar-refractivity contribution in [3.8, 4) is 0 Å². The van der Waals surface area contributed by atoms with Gasteiger partial charge in [-0.3, -0.25) is 37.0 Å². The Balaban J connectivity index is 1.51. The van der Waals surface area contributed by atoms with Gasteiger partial charge in [0.1, 0.15) is 30.2 Å². The van der Waals surface area contributed by atoms with Crippen molar-refractivity contribution in [2.24, 2.45) is 0 Å². The van der Waals surface area contributed by atoms with Crippen molar-refractivity contribution in [3.63, 3.8) is 0 Å². The lowest BCUT2D eigenvalue weighted by molar-refractivity contribution is -0.0786. The molecular formula is C19H23F2N7O11P2S. The Morgan fingerprint density at radius 1 is 1.12 bits per heavy atom. The standard InChI is InChI=1S/C19H23F2N7O11P2S/c1-34-8-4-36-41(33,42)38-14-9(37-17(12(14)21)27-3-2-10(29)26-19(27)30)5-35-40(31,32)39-18(11(8)20)28-7-25-13-15(22)23-6-24-16(13)28/h2-3,6-9,11-12,14,17-18H,4-5H2,1H3,(H,31,32)(H,33,42)(H2,22,23,24)(H,26,29,30)/t8-,9-,11-,12-,14-,17-,18-,41-/m1/s1. The number of nitrogens with two attached hydrogens (primary N) is 1. The summed E-state index contributed by atoms with van der Waals surface area (Å²) in [5.74, 6) is -0.0802. The molecule has 0 spiro atoms. The zero-order valence-corrected chi connectivity index (χ0v) is 23.9. The molecule has 0 saturated carbocycles. The van der Waals surface area contributed by atoms with Crippen LogP contribution in [0.25, 0.3) is 11.2 Å². The number of aromatic amines is 1. The van der Waals surface area contributed by atoms with Crippen molar-refractivity contribution in [3.05, 3.63) is 45.8 Å². The van der Waals surface area contributed by atoms with Gasteiger partial charge < -0.3 is 20.1 Å². The maximum atomic E-state index is 15.9. The molecule has 3 aromatic rings.